The lowest BCUT2D eigenvalue weighted by molar-refractivity contribution is -0.132. The minimum atomic E-state index is -0.146. The van der Waals surface area contributed by atoms with E-state index in [0.717, 1.165) is 12.8 Å². The van der Waals surface area contributed by atoms with E-state index in [0.29, 0.717) is 66.6 Å². The van der Waals surface area contributed by atoms with Gasteiger partial charge in [-0.2, -0.15) is 0 Å². The Morgan fingerprint density at radius 3 is 2.82 bits per heavy atom. The maximum Gasteiger partial charge on any atom is 0.267 e. The highest BCUT2D eigenvalue weighted by molar-refractivity contribution is 5.77. The lowest BCUT2D eigenvalue weighted by Gasteiger charge is -2.30. The summed E-state index contributed by atoms with van der Waals surface area (Å²) in [5, 5.41) is 8.83. The number of piperidine rings is 1. The third-order valence-corrected chi connectivity index (χ3v) is 5.89. The quantitative estimate of drug-likeness (QED) is 0.479. The molecular formula is C23H23N7O3. The fraction of sp³-hybridized carbons (Fsp3) is 0.348. The summed E-state index contributed by atoms with van der Waals surface area (Å²) in [6, 6.07) is 7.25. The van der Waals surface area contributed by atoms with E-state index >= 15 is 0 Å². The number of fused-ring (bicyclic) bond motifs is 1. The maximum atomic E-state index is 12.7. The molecule has 1 aromatic carbocycles. The van der Waals surface area contributed by atoms with Gasteiger partial charge in [0.05, 0.1) is 17.1 Å². The van der Waals surface area contributed by atoms with Crippen molar-refractivity contribution in [2.45, 2.75) is 38.0 Å². The third-order valence-electron chi connectivity index (χ3n) is 5.89. The molecule has 3 aromatic heterocycles. The van der Waals surface area contributed by atoms with Crippen LogP contribution in [0.5, 0.6) is 0 Å². The Morgan fingerprint density at radius 2 is 2.00 bits per heavy atom. The minimum Gasteiger partial charge on any atom is -0.419 e. The van der Waals surface area contributed by atoms with Crippen molar-refractivity contribution in [3.8, 4) is 11.6 Å². The molecule has 0 radical (unpaired) electrons. The van der Waals surface area contributed by atoms with E-state index in [2.05, 4.69) is 30.1 Å². The van der Waals surface area contributed by atoms with Crippen molar-refractivity contribution in [3.63, 3.8) is 0 Å². The first kappa shape index (κ1) is 20.9. The normalized spacial score (nSPS) is 14.6. The van der Waals surface area contributed by atoms with Crippen molar-refractivity contribution in [2.24, 2.45) is 0 Å². The first-order valence-corrected chi connectivity index (χ1v) is 11.0. The summed E-state index contributed by atoms with van der Waals surface area (Å²) >= 11 is 0. The van der Waals surface area contributed by atoms with Crippen molar-refractivity contribution in [1.29, 1.82) is 0 Å². The van der Waals surface area contributed by atoms with E-state index in [1.807, 2.05) is 23.1 Å². The first-order valence-electron chi connectivity index (χ1n) is 11.0. The number of para-hydroxylation sites is 1. The molecule has 1 N–H and O–H groups in total. The lowest BCUT2D eigenvalue weighted by Crippen LogP contribution is -2.37. The molecule has 1 aliphatic rings. The minimum absolute atomic E-state index is 0.113. The van der Waals surface area contributed by atoms with Crippen molar-refractivity contribution < 1.29 is 9.21 Å². The van der Waals surface area contributed by atoms with E-state index < -0.39 is 0 Å². The molecule has 1 saturated heterocycles. The predicted octanol–water partition coefficient (Wildman–Crippen LogP) is 2.49. The Balaban J connectivity index is 1.12. The van der Waals surface area contributed by atoms with Crippen molar-refractivity contribution in [1.82, 2.24) is 35.0 Å². The Bertz CT molecular complexity index is 1310. The summed E-state index contributed by atoms with van der Waals surface area (Å²) in [6.07, 6.45) is 7.89. The van der Waals surface area contributed by atoms with Gasteiger partial charge in [0.15, 0.2) is 0 Å². The first-order chi connectivity index (χ1) is 16.2. The predicted molar refractivity (Wildman–Crippen MR) is 119 cm³/mol. The molecule has 0 aliphatic carbocycles. The van der Waals surface area contributed by atoms with Crippen LogP contribution in [0.1, 0.15) is 43.3 Å². The number of aryl methyl sites for hydroxylation is 1. The zero-order valence-electron chi connectivity index (χ0n) is 18.0. The van der Waals surface area contributed by atoms with E-state index in [4.69, 9.17) is 4.42 Å². The topological polar surface area (TPSA) is 131 Å². The molecule has 4 aromatic rings. The molecule has 10 heteroatoms. The Morgan fingerprint density at radius 1 is 1.15 bits per heavy atom. The molecule has 1 aliphatic heterocycles. The van der Waals surface area contributed by atoms with Gasteiger partial charge in [-0.1, -0.05) is 12.1 Å². The molecule has 33 heavy (non-hydrogen) atoms. The summed E-state index contributed by atoms with van der Waals surface area (Å²) in [4.78, 5) is 42.2. The number of hydrogen-bond acceptors (Lipinski definition) is 8. The van der Waals surface area contributed by atoms with Crippen LogP contribution in [-0.2, 0) is 11.2 Å². The Labute approximate surface area is 189 Å². The van der Waals surface area contributed by atoms with Crippen LogP contribution in [0.4, 0.5) is 0 Å². The van der Waals surface area contributed by atoms with E-state index in [-0.39, 0.29) is 17.4 Å². The number of hydrogen-bond donors (Lipinski definition) is 1. The average molecular weight is 445 g/mol. The van der Waals surface area contributed by atoms with Gasteiger partial charge < -0.3 is 14.3 Å². The summed E-state index contributed by atoms with van der Waals surface area (Å²) in [7, 11) is 0. The van der Waals surface area contributed by atoms with Gasteiger partial charge in [0.25, 0.3) is 11.4 Å². The summed E-state index contributed by atoms with van der Waals surface area (Å²) in [5.74, 6) is 1.78. The van der Waals surface area contributed by atoms with Crippen LogP contribution in [0.3, 0.4) is 0 Å². The van der Waals surface area contributed by atoms with Gasteiger partial charge >= 0.3 is 0 Å². The molecule has 5 rings (SSSR count). The van der Waals surface area contributed by atoms with Crippen LogP contribution >= 0.6 is 0 Å². The molecule has 0 unspecified atom stereocenters. The van der Waals surface area contributed by atoms with Crippen LogP contribution in [-0.4, -0.2) is 54.0 Å². The number of carbonyl (C=O) groups is 1. The number of rotatable bonds is 6. The van der Waals surface area contributed by atoms with Crippen molar-refractivity contribution in [3.05, 3.63) is 64.9 Å². The second kappa shape index (κ2) is 9.27. The monoisotopic (exact) mass is 445 g/mol. The Kier molecular flexibility index (Phi) is 5.88. The van der Waals surface area contributed by atoms with Crippen LogP contribution in [0.25, 0.3) is 22.5 Å². The maximum absolute atomic E-state index is 12.7. The standard InChI is InChI=1S/C23H23N7O3/c31-20(7-3-6-19-26-17-5-2-1-4-16(17)21(32)27-19)30-12-8-15(9-13-30)22-28-29-23(33-22)18-14-24-10-11-25-18/h1-2,4-5,10-11,14-15H,3,6-9,12-13H2,(H,26,27,32). The smallest absolute Gasteiger partial charge is 0.267 e. The van der Waals surface area contributed by atoms with E-state index in [1.54, 1.807) is 24.7 Å². The second-order valence-corrected chi connectivity index (χ2v) is 8.07. The number of nitrogens with one attached hydrogen (secondary N) is 1. The van der Waals surface area contributed by atoms with Gasteiger partial charge in [-0.25, -0.2) is 9.97 Å². The molecule has 0 spiro atoms. The van der Waals surface area contributed by atoms with Crippen LogP contribution in [0.15, 0.2) is 52.1 Å². The number of benzene rings is 1. The third kappa shape index (κ3) is 4.64. The highest BCUT2D eigenvalue weighted by atomic mass is 16.4. The number of aromatic nitrogens is 6. The van der Waals surface area contributed by atoms with Crippen molar-refractivity contribution in [2.75, 3.05) is 13.1 Å². The summed E-state index contributed by atoms with van der Waals surface area (Å²) in [5.41, 5.74) is 1.08. The van der Waals surface area contributed by atoms with Gasteiger partial charge in [-0.15, -0.1) is 10.2 Å². The largest absolute Gasteiger partial charge is 0.419 e. The lowest BCUT2D eigenvalue weighted by atomic mass is 9.96. The van der Waals surface area contributed by atoms with Gasteiger partial charge in [-0.05, 0) is 31.4 Å². The van der Waals surface area contributed by atoms with Gasteiger partial charge in [0.1, 0.15) is 11.5 Å². The zero-order chi connectivity index (χ0) is 22.6. The highest BCUT2D eigenvalue weighted by Crippen LogP contribution is 2.29. The fourth-order valence-corrected chi connectivity index (χ4v) is 4.11. The summed E-state index contributed by atoms with van der Waals surface area (Å²) < 4.78 is 5.79. The molecule has 4 heterocycles. The number of aromatic amines is 1. The highest BCUT2D eigenvalue weighted by Gasteiger charge is 2.27. The van der Waals surface area contributed by atoms with E-state index in [1.165, 1.54) is 0 Å². The molecule has 10 nitrogen and oxygen atoms in total. The molecule has 0 bridgehead atoms. The van der Waals surface area contributed by atoms with Gasteiger partial charge in [0, 0.05) is 44.2 Å². The molecule has 168 valence electrons. The number of amides is 1. The van der Waals surface area contributed by atoms with Gasteiger partial charge in [0.2, 0.25) is 11.8 Å². The molecule has 1 amide bonds. The molecule has 0 atom stereocenters. The van der Waals surface area contributed by atoms with Crippen LogP contribution in [0.2, 0.25) is 0 Å². The number of H-pyrrole nitrogens is 1. The zero-order valence-corrected chi connectivity index (χ0v) is 18.0. The van der Waals surface area contributed by atoms with Crippen molar-refractivity contribution >= 4 is 16.8 Å². The Hall–Kier alpha value is -3.95. The molecule has 0 saturated carbocycles. The van der Waals surface area contributed by atoms with Crippen LogP contribution in [0, 0.1) is 0 Å². The van der Waals surface area contributed by atoms with Gasteiger partial charge in [-0.3, -0.25) is 14.6 Å². The van der Waals surface area contributed by atoms with E-state index in [9.17, 15) is 9.59 Å². The fourth-order valence-electron chi connectivity index (χ4n) is 4.11. The second-order valence-electron chi connectivity index (χ2n) is 8.07. The van der Waals surface area contributed by atoms with Crippen LogP contribution < -0.4 is 5.56 Å². The molecular weight excluding hydrogens is 422 g/mol. The summed E-state index contributed by atoms with van der Waals surface area (Å²) in [6.45, 7) is 1.30. The number of carbonyl (C=O) groups excluding carboxylic acids is 1. The number of likely N-dealkylation sites (tertiary alicyclic amines) is 1. The SMILES string of the molecule is O=C(CCCc1nc2ccccc2c(=O)[nH]1)N1CCC(c2nnc(-c3cnccn3)o2)CC1. The average Bonchev–Trinajstić information content (AvgIpc) is 3.35. The molecule has 1 fully saturated rings. The number of nitrogens with zero attached hydrogens (tertiary/aromatic N) is 6.